The third kappa shape index (κ3) is 3.63. The van der Waals surface area contributed by atoms with Crippen molar-refractivity contribution >= 4 is 22.5 Å². The highest BCUT2D eigenvalue weighted by atomic mass is 16.5. The number of rotatable bonds is 4. The van der Waals surface area contributed by atoms with Gasteiger partial charge < -0.3 is 19.6 Å². The molecule has 0 radical (unpaired) electrons. The second-order valence-corrected chi connectivity index (χ2v) is 7.68. The van der Waals surface area contributed by atoms with Gasteiger partial charge in [-0.25, -0.2) is 9.97 Å². The second-order valence-electron chi connectivity index (χ2n) is 7.68. The lowest BCUT2D eigenvalue weighted by atomic mass is 10.1. The molecule has 7 nitrogen and oxygen atoms in total. The average Bonchev–Trinajstić information content (AvgIpc) is 3.28. The molecule has 150 valence electrons. The lowest BCUT2D eigenvalue weighted by molar-refractivity contribution is 0.122. The summed E-state index contributed by atoms with van der Waals surface area (Å²) < 4.78 is 5.45. The molecule has 4 heterocycles. The molecule has 0 amide bonds. The number of fused-ring (bicyclic) bond motifs is 1. The van der Waals surface area contributed by atoms with E-state index in [1.54, 1.807) is 12.4 Å². The Morgan fingerprint density at radius 3 is 2.55 bits per heavy atom. The SMILES string of the molecule is OC[C@H]1CCN(c2nc(-c3ccc(N4CCOCC4)cc3)cc3nccnc23)C1. The van der Waals surface area contributed by atoms with E-state index in [2.05, 4.69) is 44.0 Å². The van der Waals surface area contributed by atoms with E-state index >= 15 is 0 Å². The smallest absolute Gasteiger partial charge is 0.157 e. The number of morpholine rings is 1. The molecule has 7 heteroatoms. The zero-order chi connectivity index (χ0) is 19.6. The van der Waals surface area contributed by atoms with Crippen molar-refractivity contribution < 1.29 is 9.84 Å². The summed E-state index contributed by atoms with van der Waals surface area (Å²) in [6.45, 7) is 5.30. The Morgan fingerprint density at radius 2 is 1.79 bits per heavy atom. The molecule has 0 spiro atoms. The van der Waals surface area contributed by atoms with Crippen molar-refractivity contribution in [1.29, 1.82) is 0 Å². The Kier molecular flexibility index (Phi) is 4.99. The maximum absolute atomic E-state index is 9.52. The number of hydrogen-bond acceptors (Lipinski definition) is 7. The van der Waals surface area contributed by atoms with Gasteiger partial charge in [0.25, 0.3) is 0 Å². The predicted octanol–water partition coefficient (Wildman–Crippen LogP) is 2.35. The Bertz CT molecular complexity index is 988. The summed E-state index contributed by atoms with van der Waals surface area (Å²) in [6.07, 6.45) is 4.40. The van der Waals surface area contributed by atoms with Crippen molar-refractivity contribution in [3.8, 4) is 11.3 Å². The number of anilines is 2. The van der Waals surface area contributed by atoms with Gasteiger partial charge in [-0.3, -0.25) is 4.98 Å². The zero-order valence-electron chi connectivity index (χ0n) is 16.4. The van der Waals surface area contributed by atoms with Crippen molar-refractivity contribution in [1.82, 2.24) is 15.0 Å². The van der Waals surface area contributed by atoms with Crippen LogP contribution < -0.4 is 9.80 Å². The van der Waals surface area contributed by atoms with Crippen LogP contribution in [0.15, 0.2) is 42.7 Å². The van der Waals surface area contributed by atoms with Crippen molar-refractivity contribution in [2.75, 3.05) is 55.8 Å². The van der Waals surface area contributed by atoms with E-state index < -0.39 is 0 Å². The monoisotopic (exact) mass is 391 g/mol. The summed E-state index contributed by atoms with van der Waals surface area (Å²) in [5.41, 5.74) is 4.84. The van der Waals surface area contributed by atoms with Crippen molar-refractivity contribution in [2.45, 2.75) is 6.42 Å². The van der Waals surface area contributed by atoms with E-state index in [9.17, 15) is 5.11 Å². The molecular formula is C22H25N5O2. The minimum Gasteiger partial charge on any atom is -0.396 e. The molecule has 0 bridgehead atoms. The van der Waals surface area contributed by atoms with Crippen LogP contribution in [0, 0.1) is 5.92 Å². The first-order valence-corrected chi connectivity index (χ1v) is 10.2. The summed E-state index contributed by atoms with van der Waals surface area (Å²) in [7, 11) is 0. The number of aliphatic hydroxyl groups excluding tert-OH is 1. The lowest BCUT2D eigenvalue weighted by Gasteiger charge is -2.29. The first-order chi connectivity index (χ1) is 14.3. The first-order valence-electron chi connectivity index (χ1n) is 10.2. The van der Waals surface area contributed by atoms with Gasteiger partial charge in [0.15, 0.2) is 5.82 Å². The molecule has 1 aromatic carbocycles. The van der Waals surface area contributed by atoms with Gasteiger partial charge in [0.05, 0.1) is 24.4 Å². The van der Waals surface area contributed by atoms with Crippen LogP contribution in [0.25, 0.3) is 22.3 Å². The number of aliphatic hydroxyl groups is 1. The molecule has 1 N–H and O–H groups in total. The van der Waals surface area contributed by atoms with E-state index in [1.165, 1.54) is 5.69 Å². The third-order valence-corrected chi connectivity index (χ3v) is 5.82. The highest BCUT2D eigenvalue weighted by molar-refractivity contribution is 5.89. The Morgan fingerprint density at radius 1 is 1.00 bits per heavy atom. The lowest BCUT2D eigenvalue weighted by Crippen LogP contribution is -2.36. The highest BCUT2D eigenvalue weighted by Crippen LogP contribution is 2.31. The Hall–Kier alpha value is -2.77. The van der Waals surface area contributed by atoms with Gasteiger partial charge in [0, 0.05) is 62.3 Å². The number of pyridine rings is 1. The van der Waals surface area contributed by atoms with E-state index in [0.717, 1.165) is 73.9 Å². The summed E-state index contributed by atoms with van der Waals surface area (Å²) in [4.78, 5) is 18.6. The summed E-state index contributed by atoms with van der Waals surface area (Å²) >= 11 is 0. The maximum Gasteiger partial charge on any atom is 0.157 e. The highest BCUT2D eigenvalue weighted by Gasteiger charge is 2.25. The molecule has 2 aliphatic heterocycles. The largest absolute Gasteiger partial charge is 0.396 e. The summed E-state index contributed by atoms with van der Waals surface area (Å²) in [6, 6.07) is 10.6. The molecule has 0 saturated carbocycles. The molecule has 29 heavy (non-hydrogen) atoms. The normalized spacial score (nSPS) is 19.8. The minimum atomic E-state index is 0.211. The number of ether oxygens (including phenoxy) is 1. The van der Waals surface area contributed by atoms with Gasteiger partial charge in [0.2, 0.25) is 0 Å². The maximum atomic E-state index is 9.52. The molecule has 5 rings (SSSR count). The van der Waals surface area contributed by atoms with Gasteiger partial charge in [-0.2, -0.15) is 0 Å². The van der Waals surface area contributed by atoms with Crippen molar-refractivity contribution in [3.05, 3.63) is 42.7 Å². The molecule has 3 aromatic rings. The fraction of sp³-hybridized carbons (Fsp3) is 0.409. The van der Waals surface area contributed by atoms with E-state index in [-0.39, 0.29) is 6.61 Å². The summed E-state index contributed by atoms with van der Waals surface area (Å²) in [5.74, 6) is 1.15. The van der Waals surface area contributed by atoms with E-state index in [1.807, 2.05) is 6.07 Å². The molecule has 2 fully saturated rings. The first kappa shape index (κ1) is 18.3. The molecule has 2 aliphatic rings. The molecule has 2 saturated heterocycles. The Balaban J connectivity index is 1.50. The molecule has 0 aliphatic carbocycles. The number of hydrogen-bond donors (Lipinski definition) is 1. The third-order valence-electron chi connectivity index (χ3n) is 5.82. The Labute approximate surface area is 170 Å². The van der Waals surface area contributed by atoms with Crippen LogP contribution >= 0.6 is 0 Å². The number of aromatic nitrogens is 3. The molecule has 0 unspecified atom stereocenters. The quantitative estimate of drug-likeness (QED) is 0.732. The standard InChI is InChI=1S/C22H25N5O2/c28-15-16-5-8-27(14-16)22-21-20(23-6-7-24-21)13-19(25-22)17-1-3-18(4-2-17)26-9-11-29-12-10-26/h1-4,6-7,13,16,28H,5,8-12,14-15H2/t16-/m0/s1. The van der Waals surface area contributed by atoms with Crippen LogP contribution in [-0.2, 0) is 4.74 Å². The van der Waals surface area contributed by atoms with Crippen LogP contribution in [0.3, 0.4) is 0 Å². The van der Waals surface area contributed by atoms with Gasteiger partial charge in [-0.05, 0) is 24.6 Å². The van der Waals surface area contributed by atoms with Crippen molar-refractivity contribution in [3.63, 3.8) is 0 Å². The minimum absolute atomic E-state index is 0.211. The van der Waals surface area contributed by atoms with Gasteiger partial charge in [-0.15, -0.1) is 0 Å². The van der Waals surface area contributed by atoms with Crippen LogP contribution in [0.4, 0.5) is 11.5 Å². The van der Waals surface area contributed by atoms with Gasteiger partial charge >= 0.3 is 0 Å². The topological polar surface area (TPSA) is 74.6 Å². The predicted molar refractivity (Wildman–Crippen MR) is 113 cm³/mol. The molecule has 2 aromatic heterocycles. The fourth-order valence-electron chi connectivity index (χ4n) is 4.16. The van der Waals surface area contributed by atoms with Crippen LogP contribution in [0.2, 0.25) is 0 Å². The fourth-order valence-corrected chi connectivity index (χ4v) is 4.16. The van der Waals surface area contributed by atoms with Crippen LogP contribution in [-0.4, -0.2) is 66.1 Å². The summed E-state index contributed by atoms with van der Waals surface area (Å²) in [5, 5.41) is 9.52. The zero-order valence-corrected chi connectivity index (χ0v) is 16.4. The molecular weight excluding hydrogens is 366 g/mol. The van der Waals surface area contributed by atoms with E-state index in [0.29, 0.717) is 5.92 Å². The number of benzene rings is 1. The van der Waals surface area contributed by atoms with Gasteiger partial charge in [-0.1, -0.05) is 12.1 Å². The van der Waals surface area contributed by atoms with Crippen LogP contribution in [0.5, 0.6) is 0 Å². The van der Waals surface area contributed by atoms with Crippen LogP contribution in [0.1, 0.15) is 6.42 Å². The van der Waals surface area contributed by atoms with E-state index in [4.69, 9.17) is 9.72 Å². The molecule has 1 atom stereocenters. The van der Waals surface area contributed by atoms with Gasteiger partial charge in [0.1, 0.15) is 5.52 Å². The average molecular weight is 391 g/mol. The van der Waals surface area contributed by atoms with Crippen molar-refractivity contribution in [2.24, 2.45) is 5.92 Å². The second kappa shape index (κ2) is 7.93. The number of nitrogens with zero attached hydrogens (tertiary/aromatic N) is 5.